The maximum absolute atomic E-state index is 5.23. The summed E-state index contributed by atoms with van der Waals surface area (Å²) in [7, 11) is 0. The molecule has 3 aromatic heterocycles. The first-order valence-electron chi connectivity index (χ1n) is 15.8. The molecule has 0 unspecified atom stereocenters. The standard InChI is InChI=1S/C42H29N5/c1-2-14-28-15-13-18-30(27-28)41-43-40(29-16-5-3-6-17-29)44-42(45-41)47-35-23-11-9-21-32(35)33-25-26-37-38(39(33)47)34-22-10-12-24-36(34)46(37)31-19-7-4-8-20-31/h2-13,15-27H,1,14H2. The molecular formula is C42H29N5. The Labute approximate surface area is 271 Å². The fraction of sp³-hybridized carbons (Fsp3) is 0.0238. The maximum atomic E-state index is 5.23. The van der Waals surface area contributed by atoms with Crippen molar-refractivity contribution >= 4 is 43.6 Å². The Morgan fingerprint density at radius 1 is 0.511 bits per heavy atom. The van der Waals surface area contributed by atoms with Gasteiger partial charge in [0.1, 0.15) is 0 Å². The highest BCUT2D eigenvalue weighted by Gasteiger charge is 2.23. The molecule has 6 aromatic carbocycles. The Morgan fingerprint density at radius 2 is 1.15 bits per heavy atom. The number of nitrogens with zero attached hydrogens (tertiary/aromatic N) is 5. The summed E-state index contributed by atoms with van der Waals surface area (Å²) < 4.78 is 4.59. The van der Waals surface area contributed by atoms with Gasteiger partial charge in [-0.25, -0.2) is 4.98 Å². The van der Waals surface area contributed by atoms with Crippen molar-refractivity contribution in [2.24, 2.45) is 0 Å². The Balaban J connectivity index is 1.43. The van der Waals surface area contributed by atoms with Crippen LogP contribution in [0.4, 0.5) is 0 Å². The summed E-state index contributed by atoms with van der Waals surface area (Å²) in [6.07, 6.45) is 2.69. The van der Waals surface area contributed by atoms with E-state index in [1.807, 2.05) is 24.3 Å². The van der Waals surface area contributed by atoms with Crippen LogP contribution in [0.5, 0.6) is 0 Å². The number of fused-ring (bicyclic) bond motifs is 7. The van der Waals surface area contributed by atoms with E-state index in [4.69, 9.17) is 15.0 Å². The van der Waals surface area contributed by atoms with Crippen LogP contribution in [0.25, 0.3) is 78.0 Å². The van der Waals surface area contributed by atoms with Crippen LogP contribution in [0.2, 0.25) is 0 Å². The lowest BCUT2D eigenvalue weighted by Crippen LogP contribution is -2.06. The van der Waals surface area contributed by atoms with Crippen LogP contribution in [-0.2, 0) is 6.42 Å². The second kappa shape index (κ2) is 10.9. The molecule has 0 bridgehead atoms. The minimum atomic E-state index is 0.582. The van der Waals surface area contributed by atoms with Gasteiger partial charge in [0.25, 0.3) is 0 Å². The van der Waals surface area contributed by atoms with Gasteiger partial charge in [-0.05, 0) is 48.4 Å². The molecule has 9 rings (SSSR count). The average molecular weight is 604 g/mol. The summed E-state index contributed by atoms with van der Waals surface area (Å²) >= 11 is 0. The summed E-state index contributed by atoms with van der Waals surface area (Å²) in [5.41, 5.74) is 8.56. The minimum absolute atomic E-state index is 0.582. The molecule has 0 N–H and O–H groups in total. The fourth-order valence-electron chi connectivity index (χ4n) is 6.89. The summed E-state index contributed by atoms with van der Waals surface area (Å²) in [6.45, 7) is 3.94. The van der Waals surface area contributed by atoms with Crippen LogP contribution in [0.3, 0.4) is 0 Å². The number of allylic oxidation sites excluding steroid dienone is 1. The molecule has 47 heavy (non-hydrogen) atoms. The van der Waals surface area contributed by atoms with E-state index in [9.17, 15) is 0 Å². The molecule has 3 heterocycles. The van der Waals surface area contributed by atoms with Gasteiger partial charge >= 0.3 is 0 Å². The Bertz CT molecular complexity index is 2610. The van der Waals surface area contributed by atoms with Crippen LogP contribution in [0, 0.1) is 0 Å². The molecule has 0 aliphatic rings. The SMILES string of the molecule is C=CCc1cccc(-c2nc(-c3ccccc3)nc(-n3c4ccccc4c4ccc5c(c6ccccc6n5-c5ccccc5)c43)n2)c1. The molecule has 0 radical (unpaired) electrons. The van der Waals surface area contributed by atoms with E-state index >= 15 is 0 Å². The summed E-state index contributed by atoms with van der Waals surface area (Å²) in [5, 5.41) is 4.64. The zero-order chi connectivity index (χ0) is 31.3. The monoisotopic (exact) mass is 603 g/mol. The summed E-state index contributed by atoms with van der Waals surface area (Å²) in [6, 6.07) is 50.8. The smallest absolute Gasteiger partial charge is 0.238 e. The highest BCUT2D eigenvalue weighted by Crippen LogP contribution is 2.41. The molecule has 0 saturated heterocycles. The molecule has 0 saturated carbocycles. The number of aromatic nitrogens is 5. The predicted molar refractivity (Wildman–Crippen MR) is 193 cm³/mol. The van der Waals surface area contributed by atoms with Crippen molar-refractivity contribution in [3.8, 4) is 34.4 Å². The van der Waals surface area contributed by atoms with Gasteiger partial charge in [0.2, 0.25) is 5.95 Å². The lowest BCUT2D eigenvalue weighted by Gasteiger charge is -2.12. The van der Waals surface area contributed by atoms with E-state index in [-0.39, 0.29) is 0 Å². The van der Waals surface area contributed by atoms with Crippen molar-refractivity contribution in [3.63, 3.8) is 0 Å². The van der Waals surface area contributed by atoms with E-state index in [0.29, 0.717) is 17.6 Å². The van der Waals surface area contributed by atoms with Gasteiger partial charge < -0.3 is 4.57 Å². The quantitative estimate of drug-likeness (QED) is 0.178. The zero-order valence-corrected chi connectivity index (χ0v) is 25.6. The Morgan fingerprint density at radius 3 is 1.91 bits per heavy atom. The van der Waals surface area contributed by atoms with E-state index in [2.05, 4.69) is 143 Å². The Kier molecular flexibility index (Phi) is 6.28. The van der Waals surface area contributed by atoms with Crippen molar-refractivity contribution in [1.82, 2.24) is 24.1 Å². The third-order valence-electron chi connectivity index (χ3n) is 8.91. The van der Waals surface area contributed by atoms with Crippen molar-refractivity contribution in [2.75, 3.05) is 0 Å². The highest BCUT2D eigenvalue weighted by molar-refractivity contribution is 6.26. The first-order valence-corrected chi connectivity index (χ1v) is 15.8. The van der Waals surface area contributed by atoms with Gasteiger partial charge in [-0.2, -0.15) is 9.97 Å². The number of hydrogen-bond donors (Lipinski definition) is 0. The van der Waals surface area contributed by atoms with Gasteiger partial charge in [-0.3, -0.25) is 4.57 Å². The number of para-hydroxylation sites is 3. The number of hydrogen-bond acceptors (Lipinski definition) is 3. The normalized spacial score (nSPS) is 11.6. The van der Waals surface area contributed by atoms with E-state index < -0.39 is 0 Å². The molecule has 0 atom stereocenters. The Hall–Kier alpha value is -6.33. The summed E-state index contributed by atoms with van der Waals surface area (Å²) in [5.74, 6) is 1.84. The lowest BCUT2D eigenvalue weighted by atomic mass is 10.1. The largest absolute Gasteiger partial charge is 0.309 e. The average Bonchev–Trinajstić information content (AvgIpc) is 3.65. The molecule has 222 valence electrons. The molecule has 0 fully saturated rings. The van der Waals surface area contributed by atoms with Crippen LogP contribution in [0.15, 0.2) is 158 Å². The van der Waals surface area contributed by atoms with Gasteiger partial charge in [0.05, 0.1) is 22.1 Å². The van der Waals surface area contributed by atoms with Crippen LogP contribution >= 0.6 is 0 Å². The minimum Gasteiger partial charge on any atom is -0.309 e. The van der Waals surface area contributed by atoms with Gasteiger partial charge in [-0.15, -0.1) is 6.58 Å². The topological polar surface area (TPSA) is 48.5 Å². The van der Waals surface area contributed by atoms with Crippen LogP contribution in [-0.4, -0.2) is 24.1 Å². The fourth-order valence-corrected chi connectivity index (χ4v) is 6.89. The third kappa shape index (κ3) is 4.36. The summed E-state index contributed by atoms with van der Waals surface area (Å²) in [4.78, 5) is 15.5. The predicted octanol–water partition coefficient (Wildman–Crippen LogP) is 10.1. The van der Waals surface area contributed by atoms with E-state index in [0.717, 1.165) is 67.0 Å². The van der Waals surface area contributed by atoms with Crippen molar-refractivity contribution < 1.29 is 0 Å². The van der Waals surface area contributed by atoms with Crippen molar-refractivity contribution in [2.45, 2.75) is 6.42 Å². The second-order valence-corrected chi connectivity index (χ2v) is 11.7. The lowest BCUT2D eigenvalue weighted by molar-refractivity contribution is 0.955. The zero-order valence-electron chi connectivity index (χ0n) is 25.6. The van der Waals surface area contributed by atoms with Gasteiger partial charge in [0.15, 0.2) is 11.6 Å². The molecular weight excluding hydrogens is 574 g/mol. The molecule has 0 aliphatic heterocycles. The van der Waals surface area contributed by atoms with Crippen LogP contribution in [0.1, 0.15) is 5.56 Å². The molecule has 0 spiro atoms. The van der Waals surface area contributed by atoms with Crippen LogP contribution < -0.4 is 0 Å². The number of rotatable bonds is 6. The molecule has 0 amide bonds. The molecule has 5 heteroatoms. The molecule has 0 aliphatic carbocycles. The molecule has 9 aromatic rings. The van der Waals surface area contributed by atoms with Gasteiger partial charge in [-0.1, -0.05) is 115 Å². The van der Waals surface area contributed by atoms with E-state index in [1.165, 1.54) is 5.39 Å². The van der Waals surface area contributed by atoms with Crippen molar-refractivity contribution in [1.29, 1.82) is 0 Å². The second-order valence-electron chi connectivity index (χ2n) is 11.7. The first-order chi connectivity index (χ1) is 23.3. The van der Waals surface area contributed by atoms with Gasteiger partial charge in [0, 0.05) is 38.4 Å². The highest BCUT2D eigenvalue weighted by atomic mass is 15.2. The third-order valence-corrected chi connectivity index (χ3v) is 8.91. The van der Waals surface area contributed by atoms with E-state index in [1.54, 1.807) is 0 Å². The maximum Gasteiger partial charge on any atom is 0.238 e. The molecule has 5 nitrogen and oxygen atoms in total. The first kappa shape index (κ1) is 27.0. The van der Waals surface area contributed by atoms with Crippen molar-refractivity contribution in [3.05, 3.63) is 164 Å². The number of benzene rings is 6.